The van der Waals surface area contributed by atoms with Crippen molar-refractivity contribution in [3.05, 3.63) is 41.0 Å². The first-order valence-corrected chi connectivity index (χ1v) is 8.81. The maximum Gasteiger partial charge on any atom is 0.123 e. The van der Waals surface area contributed by atoms with Crippen LogP contribution in [0.3, 0.4) is 0 Å². The molecule has 0 saturated heterocycles. The van der Waals surface area contributed by atoms with E-state index in [0.29, 0.717) is 23.5 Å². The molecule has 2 heteroatoms. The van der Waals surface area contributed by atoms with E-state index in [1.165, 1.54) is 22.1 Å². The molecule has 1 nitrogen and oxygen atoms in total. The number of hydrogen-bond donors (Lipinski definition) is 1. The number of alkyl halides is 1. The highest BCUT2D eigenvalue weighted by molar-refractivity contribution is 6.21. The van der Waals surface area contributed by atoms with Gasteiger partial charge in [0.25, 0.3) is 0 Å². The summed E-state index contributed by atoms with van der Waals surface area (Å²) in [5, 5.41) is 12.8. The number of hydrogen-bond acceptors (Lipinski definition) is 1. The van der Waals surface area contributed by atoms with Gasteiger partial charge < -0.3 is 5.11 Å². The summed E-state index contributed by atoms with van der Waals surface area (Å²) in [5.74, 6) is 1.74. The number of phenolic OH excluding ortho intramolecular Hbond substituents is 1. The van der Waals surface area contributed by atoms with E-state index in [2.05, 4.69) is 45.9 Å². The first kappa shape index (κ1) is 15.7. The largest absolute Gasteiger partial charge is 0.507 e. The van der Waals surface area contributed by atoms with Gasteiger partial charge in [0.05, 0.1) is 0 Å². The molecule has 0 saturated carbocycles. The molecule has 22 heavy (non-hydrogen) atoms. The van der Waals surface area contributed by atoms with Crippen LogP contribution in [0.4, 0.5) is 0 Å². The van der Waals surface area contributed by atoms with E-state index in [-0.39, 0.29) is 5.38 Å². The molecule has 0 aromatic heterocycles. The fourth-order valence-electron chi connectivity index (χ4n) is 3.89. The van der Waals surface area contributed by atoms with Crippen molar-refractivity contribution in [2.24, 2.45) is 0 Å². The Kier molecular flexibility index (Phi) is 4.11. The summed E-state index contributed by atoms with van der Waals surface area (Å²) in [6.07, 6.45) is 2.06. The third-order valence-corrected chi connectivity index (χ3v) is 5.83. The summed E-state index contributed by atoms with van der Waals surface area (Å²) >= 11 is 6.64. The molecule has 1 aliphatic rings. The zero-order chi connectivity index (χ0) is 16.0. The van der Waals surface area contributed by atoms with Crippen LogP contribution >= 0.6 is 11.6 Å². The summed E-state index contributed by atoms with van der Waals surface area (Å²) < 4.78 is 0. The first-order chi connectivity index (χ1) is 10.4. The van der Waals surface area contributed by atoms with E-state index in [1.54, 1.807) is 0 Å². The van der Waals surface area contributed by atoms with Gasteiger partial charge in [-0.05, 0) is 52.8 Å². The number of benzene rings is 2. The minimum absolute atomic E-state index is 0.166. The molecule has 3 atom stereocenters. The van der Waals surface area contributed by atoms with Crippen molar-refractivity contribution in [3.8, 4) is 5.75 Å². The summed E-state index contributed by atoms with van der Waals surface area (Å²) in [4.78, 5) is 0. The van der Waals surface area contributed by atoms with E-state index in [4.69, 9.17) is 11.6 Å². The SMILES string of the molecule is CCC(Cl)C1CC(C)c2cc(O)c3ccc(C(C)C)cc3c21. The molecule has 2 aromatic carbocycles. The highest BCUT2D eigenvalue weighted by Crippen LogP contribution is 2.50. The Labute approximate surface area is 138 Å². The molecule has 0 fully saturated rings. The predicted octanol–water partition coefficient (Wildman–Crippen LogP) is 6.28. The van der Waals surface area contributed by atoms with Crippen molar-refractivity contribution in [3.63, 3.8) is 0 Å². The Hall–Kier alpha value is -1.21. The zero-order valence-electron chi connectivity index (χ0n) is 13.9. The molecule has 1 N–H and O–H groups in total. The van der Waals surface area contributed by atoms with Crippen molar-refractivity contribution in [2.75, 3.05) is 0 Å². The van der Waals surface area contributed by atoms with Crippen LogP contribution < -0.4 is 0 Å². The van der Waals surface area contributed by atoms with Crippen LogP contribution in [0, 0.1) is 0 Å². The lowest BCUT2D eigenvalue weighted by molar-refractivity contribution is 0.480. The maximum absolute atomic E-state index is 10.4. The standard InChI is InChI=1S/C20H25ClO/c1-5-18(21)17-8-12(4)15-10-19(22)14-7-6-13(11(2)3)9-16(14)20(15)17/h6-7,9-12,17-18,22H,5,8H2,1-4H3. The molecule has 0 spiro atoms. The second-order valence-electron chi connectivity index (χ2n) is 7.03. The molecule has 0 radical (unpaired) electrons. The van der Waals surface area contributed by atoms with Gasteiger partial charge in [0.2, 0.25) is 0 Å². The zero-order valence-corrected chi connectivity index (χ0v) is 14.6. The van der Waals surface area contributed by atoms with E-state index >= 15 is 0 Å². The number of aromatic hydroxyl groups is 1. The summed E-state index contributed by atoms with van der Waals surface area (Å²) in [7, 11) is 0. The van der Waals surface area contributed by atoms with Crippen molar-refractivity contribution in [2.45, 2.75) is 63.7 Å². The molecular formula is C20H25ClO. The second kappa shape index (κ2) is 5.77. The van der Waals surface area contributed by atoms with Crippen molar-refractivity contribution < 1.29 is 5.11 Å². The summed E-state index contributed by atoms with van der Waals surface area (Å²) in [5.41, 5.74) is 3.99. The molecule has 1 aliphatic carbocycles. The lowest BCUT2D eigenvalue weighted by atomic mass is 9.89. The number of phenols is 1. The number of halogens is 1. The Balaban J connectivity index is 2.30. The first-order valence-electron chi connectivity index (χ1n) is 8.37. The number of rotatable bonds is 3. The summed E-state index contributed by atoms with van der Waals surface area (Å²) in [6.45, 7) is 8.82. The van der Waals surface area contributed by atoms with Gasteiger partial charge in [-0.3, -0.25) is 0 Å². The Bertz CT molecular complexity index is 704. The molecule has 0 bridgehead atoms. The lowest BCUT2D eigenvalue weighted by Crippen LogP contribution is -2.09. The molecule has 0 aliphatic heterocycles. The molecule has 3 rings (SSSR count). The van der Waals surface area contributed by atoms with Crippen LogP contribution in [0.1, 0.15) is 75.0 Å². The van der Waals surface area contributed by atoms with Crippen LogP contribution in [-0.4, -0.2) is 10.5 Å². The fraction of sp³-hybridized carbons (Fsp3) is 0.500. The average molecular weight is 317 g/mol. The van der Waals surface area contributed by atoms with Crippen LogP contribution in [0.15, 0.2) is 24.3 Å². The Morgan fingerprint density at radius 1 is 1.23 bits per heavy atom. The van der Waals surface area contributed by atoms with Gasteiger partial charge in [-0.15, -0.1) is 11.6 Å². The van der Waals surface area contributed by atoms with Gasteiger partial charge >= 0.3 is 0 Å². The third-order valence-electron chi connectivity index (χ3n) is 5.22. The van der Waals surface area contributed by atoms with Gasteiger partial charge in [0.15, 0.2) is 0 Å². The lowest BCUT2D eigenvalue weighted by Gasteiger charge is -2.20. The van der Waals surface area contributed by atoms with Gasteiger partial charge in [-0.2, -0.15) is 0 Å². The van der Waals surface area contributed by atoms with Crippen LogP contribution in [0.5, 0.6) is 5.75 Å². The Morgan fingerprint density at radius 3 is 2.59 bits per heavy atom. The second-order valence-corrected chi connectivity index (χ2v) is 7.59. The molecule has 3 unspecified atom stereocenters. The normalized spacial score (nSPS) is 22.3. The van der Waals surface area contributed by atoms with Crippen molar-refractivity contribution in [1.29, 1.82) is 0 Å². The van der Waals surface area contributed by atoms with Crippen LogP contribution in [0.25, 0.3) is 10.8 Å². The van der Waals surface area contributed by atoms with Crippen molar-refractivity contribution >= 4 is 22.4 Å². The van der Waals surface area contributed by atoms with Crippen LogP contribution in [0.2, 0.25) is 0 Å². The van der Waals surface area contributed by atoms with E-state index < -0.39 is 0 Å². The number of fused-ring (bicyclic) bond motifs is 3. The van der Waals surface area contributed by atoms with E-state index in [1.807, 2.05) is 6.07 Å². The van der Waals surface area contributed by atoms with Crippen LogP contribution in [-0.2, 0) is 0 Å². The monoisotopic (exact) mass is 316 g/mol. The summed E-state index contributed by atoms with van der Waals surface area (Å²) in [6, 6.07) is 8.43. The van der Waals surface area contributed by atoms with Gasteiger partial charge in [-0.1, -0.05) is 45.9 Å². The van der Waals surface area contributed by atoms with E-state index in [0.717, 1.165) is 18.2 Å². The predicted molar refractivity (Wildman–Crippen MR) is 95.4 cm³/mol. The van der Waals surface area contributed by atoms with Gasteiger partial charge in [-0.25, -0.2) is 0 Å². The molecule has 2 aromatic rings. The average Bonchev–Trinajstić information content (AvgIpc) is 2.83. The van der Waals surface area contributed by atoms with E-state index in [9.17, 15) is 5.11 Å². The highest BCUT2D eigenvalue weighted by atomic mass is 35.5. The van der Waals surface area contributed by atoms with Crippen molar-refractivity contribution in [1.82, 2.24) is 0 Å². The molecule has 118 valence electrons. The molecule has 0 heterocycles. The van der Waals surface area contributed by atoms with Gasteiger partial charge in [0, 0.05) is 16.7 Å². The topological polar surface area (TPSA) is 20.2 Å². The smallest absolute Gasteiger partial charge is 0.123 e. The quantitative estimate of drug-likeness (QED) is 0.661. The third kappa shape index (κ3) is 2.40. The minimum atomic E-state index is 0.166. The Morgan fingerprint density at radius 2 is 1.95 bits per heavy atom. The van der Waals surface area contributed by atoms with Gasteiger partial charge in [0.1, 0.15) is 5.75 Å². The molecular weight excluding hydrogens is 292 g/mol. The maximum atomic E-state index is 10.4. The molecule has 0 amide bonds. The minimum Gasteiger partial charge on any atom is -0.507 e. The fourth-order valence-corrected chi connectivity index (χ4v) is 4.11. The highest BCUT2D eigenvalue weighted by Gasteiger charge is 2.34.